The maximum Gasteiger partial charge on any atom is 0.418 e. The van der Waals surface area contributed by atoms with Gasteiger partial charge in [0.2, 0.25) is 0 Å². The van der Waals surface area contributed by atoms with Gasteiger partial charge in [-0.15, -0.1) is 0 Å². The molecule has 33 nitrogen and oxygen atoms in total. The summed E-state index contributed by atoms with van der Waals surface area (Å²) in [4.78, 5) is 76.5. The van der Waals surface area contributed by atoms with E-state index in [1.807, 2.05) is 19.9 Å². The first-order valence-corrected chi connectivity index (χ1v) is 33.7. The van der Waals surface area contributed by atoms with Crippen molar-refractivity contribution in [2.45, 2.75) is 112 Å². The SMILES string of the molecule is CCNC(=O)[C@H]1O[C@@H](n2cnc3c(NC(=O)Nc4cccc(S(=O)(=O)Nc5ccc(OC)cc5)c4)ncnc32)C2OC(C)(C)OC21.CCNC(=O)[C@H]1O[C@@H](n2cnc3c(NC(=O)Oc4ccccc4)ncnc32)C2OC(C)(C)OC21.COc1ccc(NS(=O)(=O)c2cccc(N)c2)cc1. The molecule has 0 aliphatic carbocycles. The van der Waals surface area contributed by atoms with Gasteiger partial charge in [0.15, 0.2) is 70.2 Å². The minimum absolute atomic E-state index is 0.0635. The lowest BCUT2D eigenvalue weighted by molar-refractivity contribution is -0.198. The summed E-state index contributed by atoms with van der Waals surface area (Å²) in [5.74, 6) is -0.555. The lowest BCUT2D eigenvalue weighted by atomic mass is 10.1. The molecule has 4 unspecified atom stereocenters. The van der Waals surface area contributed by atoms with E-state index < -0.39 is 92.8 Å². The number of imidazole rings is 2. The number of nitrogens with zero attached hydrogens (tertiary/aromatic N) is 8. The van der Waals surface area contributed by atoms with E-state index in [1.54, 1.807) is 135 Å². The highest BCUT2D eigenvalue weighted by molar-refractivity contribution is 7.93. The van der Waals surface area contributed by atoms with Crippen LogP contribution in [-0.4, -0.2) is 155 Å². The summed E-state index contributed by atoms with van der Waals surface area (Å²) in [7, 11) is -4.53. The third kappa shape index (κ3) is 16.0. The Labute approximate surface area is 566 Å². The molecule has 35 heteroatoms. The molecule has 520 valence electrons. The van der Waals surface area contributed by atoms with Crippen molar-refractivity contribution in [1.29, 1.82) is 0 Å². The first kappa shape index (κ1) is 69.7. The smallest absolute Gasteiger partial charge is 0.418 e. The van der Waals surface area contributed by atoms with E-state index in [0.717, 1.165) is 0 Å². The first-order chi connectivity index (χ1) is 47.3. The maximum absolute atomic E-state index is 13.0. The Hall–Kier alpha value is -10.7. The van der Waals surface area contributed by atoms with Gasteiger partial charge in [0.25, 0.3) is 31.9 Å². The molecule has 0 saturated carbocycles. The average molecular weight is 1400 g/mol. The molecule has 99 heavy (non-hydrogen) atoms. The average Bonchev–Trinajstić information content (AvgIpc) is 1.59. The van der Waals surface area contributed by atoms with Crippen molar-refractivity contribution in [2.24, 2.45) is 0 Å². The van der Waals surface area contributed by atoms with Crippen LogP contribution in [0.5, 0.6) is 17.2 Å². The van der Waals surface area contributed by atoms with Crippen molar-refractivity contribution >= 4 is 101 Å². The van der Waals surface area contributed by atoms with Gasteiger partial charge in [-0.05, 0) is 139 Å². The number of sulfonamides is 2. The number of fused-ring (bicyclic) bond motifs is 4. The summed E-state index contributed by atoms with van der Waals surface area (Å²) in [6.07, 6.45) is -1.03. The van der Waals surface area contributed by atoms with Crippen molar-refractivity contribution in [2.75, 3.05) is 58.4 Å². The number of carbonyl (C=O) groups excluding carboxylic acids is 4. The van der Waals surface area contributed by atoms with Crippen LogP contribution in [0.3, 0.4) is 0 Å². The molecule has 5 aromatic carbocycles. The van der Waals surface area contributed by atoms with E-state index in [2.05, 4.69) is 65.9 Å². The second-order valence-electron chi connectivity index (χ2n) is 23.1. The molecule has 9 N–H and O–H groups in total. The number of aromatic nitrogens is 8. The normalized spacial score (nSPS) is 20.9. The number of ether oxygens (including phenoxy) is 9. The number of nitrogens with one attached hydrogen (secondary N) is 7. The number of rotatable bonds is 18. The molecule has 8 heterocycles. The topological polar surface area (TPSA) is 417 Å². The number of nitrogens with two attached hydrogens (primary N) is 1. The molecule has 4 aromatic heterocycles. The van der Waals surface area contributed by atoms with Gasteiger partial charge < -0.3 is 64.3 Å². The van der Waals surface area contributed by atoms with Crippen molar-refractivity contribution in [3.05, 3.63) is 153 Å². The summed E-state index contributed by atoms with van der Waals surface area (Å²) in [6, 6.07) is 32.9. The molecular formula is C64H70N16O17S2. The minimum atomic E-state index is -3.96. The number of methoxy groups -OCH3 is 2. The number of amides is 5. The Balaban J connectivity index is 0.000000163. The van der Waals surface area contributed by atoms with Gasteiger partial charge in [0.05, 0.1) is 36.7 Å². The van der Waals surface area contributed by atoms with Gasteiger partial charge in [-0.25, -0.2) is 56.3 Å². The van der Waals surface area contributed by atoms with Crippen LogP contribution in [0.15, 0.2) is 162 Å². The zero-order chi connectivity index (χ0) is 70.4. The molecule has 0 spiro atoms. The van der Waals surface area contributed by atoms with E-state index in [0.29, 0.717) is 64.2 Å². The number of likely N-dealkylation sites (N-methyl/N-ethyl adjacent to an activating group) is 2. The lowest BCUT2D eigenvalue weighted by Crippen LogP contribution is -2.42. The number of anilines is 6. The molecule has 13 rings (SSSR count). The van der Waals surface area contributed by atoms with Gasteiger partial charge in [0, 0.05) is 35.8 Å². The summed E-state index contributed by atoms with van der Waals surface area (Å²) in [6.45, 7) is 11.6. The standard InChI is InChI=1S/C29H32N8O8S.C22H24N6O6.C13H14N2O3S/c1-5-30-26(38)22-21-23(45-29(2,3)44-21)27(43-22)37-15-33-20-24(31-14-32-25(20)37)35-28(39)34-17-7-6-8-19(13-17)46(40,41)36-16-9-11-18(42-4)12-10-16;1-4-23-19(29)15-14-16(34-22(2,3)33-14)20(32-15)28-11-26-13-17(24-10-25-18(13)28)27-21(30)31-12-8-6-5-7-9-12;1-18-12-7-5-11(6-8-12)15-19(16,17)13-4-2-3-10(14)9-13/h6-15,21-23,27,36H,5H2,1-4H3,(H,30,38)(H2,31,32,34,35,39);5-11,14-16,20H,4H2,1-3H3,(H,23,29)(H,24,25,27,30);2-9,15H,14H2,1H3/t21?,22-,23?,27+;14?,15-,16?,20+;/m00./s1. The highest BCUT2D eigenvalue weighted by atomic mass is 32.2. The number of carbonyl (C=O) groups is 4. The Morgan fingerprint density at radius 2 is 0.970 bits per heavy atom. The van der Waals surface area contributed by atoms with Crippen LogP contribution < -0.4 is 56.0 Å². The van der Waals surface area contributed by atoms with Crippen LogP contribution in [0.4, 0.5) is 44.0 Å². The fourth-order valence-electron chi connectivity index (χ4n) is 11.0. The number of urea groups is 1. The van der Waals surface area contributed by atoms with E-state index in [-0.39, 0.29) is 44.4 Å². The third-order valence-electron chi connectivity index (χ3n) is 15.2. The van der Waals surface area contributed by atoms with Crippen LogP contribution in [-0.2, 0) is 58.1 Å². The predicted octanol–water partition coefficient (Wildman–Crippen LogP) is 6.90. The molecule has 4 aliphatic rings. The second kappa shape index (κ2) is 29.2. The summed E-state index contributed by atoms with van der Waals surface area (Å²) < 4.78 is 110. The van der Waals surface area contributed by atoms with E-state index in [9.17, 15) is 36.0 Å². The molecule has 4 saturated heterocycles. The highest BCUT2D eigenvalue weighted by Crippen LogP contribution is 2.46. The molecule has 0 bridgehead atoms. The Bertz CT molecular complexity index is 4650. The lowest BCUT2D eigenvalue weighted by Gasteiger charge is -2.24. The fraction of sp³-hybridized carbons (Fsp3) is 0.312. The van der Waals surface area contributed by atoms with Crippen molar-refractivity contribution in [1.82, 2.24) is 49.7 Å². The zero-order valence-electron chi connectivity index (χ0n) is 54.4. The zero-order valence-corrected chi connectivity index (χ0v) is 56.0. The van der Waals surface area contributed by atoms with Crippen molar-refractivity contribution in [3.8, 4) is 17.2 Å². The van der Waals surface area contributed by atoms with Crippen LogP contribution >= 0.6 is 0 Å². The van der Waals surface area contributed by atoms with Crippen LogP contribution in [0.2, 0.25) is 0 Å². The minimum Gasteiger partial charge on any atom is -0.497 e. The van der Waals surface area contributed by atoms with E-state index >= 15 is 0 Å². The number of benzene rings is 5. The largest absolute Gasteiger partial charge is 0.497 e. The molecule has 4 fully saturated rings. The Morgan fingerprint density at radius 1 is 0.515 bits per heavy atom. The van der Waals surface area contributed by atoms with Gasteiger partial charge >= 0.3 is 12.1 Å². The fourth-order valence-corrected chi connectivity index (χ4v) is 13.2. The molecule has 8 atom stereocenters. The summed E-state index contributed by atoms with van der Waals surface area (Å²) in [5, 5.41) is 13.4. The van der Waals surface area contributed by atoms with Crippen molar-refractivity contribution < 1.29 is 78.6 Å². The number of para-hydroxylation sites is 1. The van der Waals surface area contributed by atoms with Crippen LogP contribution in [0.25, 0.3) is 22.3 Å². The maximum atomic E-state index is 13.0. The van der Waals surface area contributed by atoms with Gasteiger partial charge in [0.1, 0.15) is 54.3 Å². The van der Waals surface area contributed by atoms with Gasteiger partial charge in [-0.2, -0.15) is 0 Å². The van der Waals surface area contributed by atoms with Crippen LogP contribution in [0.1, 0.15) is 54.0 Å². The first-order valence-electron chi connectivity index (χ1n) is 30.7. The number of nitrogen functional groups attached to an aromatic ring is 1. The number of hydrogen-bond donors (Lipinski definition) is 8. The van der Waals surface area contributed by atoms with Crippen molar-refractivity contribution in [3.63, 3.8) is 0 Å². The molecule has 0 radical (unpaired) electrons. The van der Waals surface area contributed by atoms with E-state index in [1.165, 1.54) is 62.8 Å². The Morgan fingerprint density at radius 3 is 1.43 bits per heavy atom. The summed E-state index contributed by atoms with van der Waals surface area (Å²) >= 11 is 0. The third-order valence-corrected chi connectivity index (χ3v) is 18.0. The predicted molar refractivity (Wildman–Crippen MR) is 357 cm³/mol. The molecular weight excluding hydrogens is 1330 g/mol. The number of hydrogen-bond acceptors (Lipinski definition) is 24. The van der Waals surface area contributed by atoms with Gasteiger partial charge in [-0.3, -0.25) is 38.8 Å². The second-order valence-corrected chi connectivity index (χ2v) is 26.4. The monoisotopic (exact) mass is 1400 g/mol. The molecule has 5 amide bonds. The van der Waals surface area contributed by atoms with E-state index in [4.69, 9.17) is 48.4 Å². The molecule has 4 aliphatic heterocycles. The summed E-state index contributed by atoms with van der Waals surface area (Å²) in [5.41, 5.74) is 8.28. The van der Waals surface area contributed by atoms with Crippen LogP contribution in [0, 0.1) is 0 Å². The van der Waals surface area contributed by atoms with Gasteiger partial charge in [-0.1, -0.05) is 30.3 Å². The Kier molecular flexibility index (Phi) is 20.5. The quantitative estimate of drug-likeness (QED) is 0.0405. The highest BCUT2D eigenvalue weighted by Gasteiger charge is 2.60. The molecule has 9 aromatic rings.